The molecular formula is C29H31BrN2O6S. The van der Waals surface area contributed by atoms with Crippen molar-refractivity contribution in [2.75, 3.05) is 14.2 Å². The number of esters is 1. The molecule has 1 aliphatic heterocycles. The predicted octanol–water partition coefficient (Wildman–Crippen LogP) is 4.75. The number of hydrogen-bond acceptors (Lipinski definition) is 8. The van der Waals surface area contributed by atoms with Gasteiger partial charge in [0.1, 0.15) is 11.8 Å². The number of aromatic nitrogens is 1. The molecule has 1 aromatic heterocycles. The first-order valence-electron chi connectivity index (χ1n) is 12.5. The molecule has 0 aliphatic carbocycles. The first kappa shape index (κ1) is 28.6. The van der Waals surface area contributed by atoms with Gasteiger partial charge in [-0.2, -0.15) is 0 Å². The van der Waals surface area contributed by atoms with Crippen LogP contribution in [0.1, 0.15) is 51.8 Å². The van der Waals surface area contributed by atoms with Crippen LogP contribution in [0.3, 0.4) is 0 Å². The largest absolute Gasteiger partial charge is 0.496 e. The highest BCUT2D eigenvalue weighted by atomic mass is 79.9. The van der Waals surface area contributed by atoms with E-state index in [1.807, 2.05) is 44.2 Å². The molecule has 0 amide bonds. The van der Waals surface area contributed by atoms with Gasteiger partial charge in [-0.15, -0.1) is 0 Å². The number of rotatable bonds is 8. The van der Waals surface area contributed by atoms with Gasteiger partial charge in [-0.3, -0.25) is 9.36 Å². The van der Waals surface area contributed by atoms with E-state index in [2.05, 4.69) is 20.9 Å². The maximum Gasteiger partial charge on any atom is 0.338 e. The predicted molar refractivity (Wildman–Crippen MR) is 154 cm³/mol. The molecule has 2 aromatic carbocycles. The highest BCUT2D eigenvalue weighted by Crippen LogP contribution is 2.37. The Kier molecular flexibility index (Phi) is 8.66. The van der Waals surface area contributed by atoms with E-state index in [4.69, 9.17) is 18.9 Å². The Morgan fingerprint density at radius 3 is 2.36 bits per heavy atom. The lowest BCUT2D eigenvalue weighted by Crippen LogP contribution is -2.40. The lowest BCUT2D eigenvalue weighted by Gasteiger charge is -2.26. The second-order valence-corrected chi connectivity index (χ2v) is 11.4. The zero-order chi connectivity index (χ0) is 28.4. The van der Waals surface area contributed by atoms with Crippen LogP contribution in [0.25, 0.3) is 6.08 Å². The van der Waals surface area contributed by atoms with Crippen LogP contribution in [-0.2, 0) is 9.53 Å². The van der Waals surface area contributed by atoms with Gasteiger partial charge in [0.2, 0.25) is 0 Å². The van der Waals surface area contributed by atoms with E-state index >= 15 is 0 Å². The number of carbonyl (C=O) groups excluding carboxylic acids is 1. The summed E-state index contributed by atoms with van der Waals surface area (Å²) in [4.78, 5) is 32.4. The summed E-state index contributed by atoms with van der Waals surface area (Å²) in [6, 6.07) is 10.2. The number of allylic oxidation sites excluding steroid dienone is 1. The summed E-state index contributed by atoms with van der Waals surface area (Å²) in [7, 11) is 3.13. The second kappa shape index (κ2) is 11.8. The molecule has 10 heteroatoms. The monoisotopic (exact) mass is 614 g/mol. The number of carbonyl (C=O) groups is 1. The summed E-state index contributed by atoms with van der Waals surface area (Å²) < 4.78 is 25.3. The van der Waals surface area contributed by atoms with Crippen LogP contribution in [0.2, 0.25) is 0 Å². The Labute approximate surface area is 239 Å². The van der Waals surface area contributed by atoms with E-state index in [0.29, 0.717) is 37.8 Å². The van der Waals surface area contributed by atoms with Crippen molar-refractivity contribution < 1.29 is 23.7 Å². The van der Waals surface area contributed by atoms with Gasteiger partial charge in [-0.25, -0.2) is 9.79 Å². The van der Waals surface area contributed by atoms with Crippen molar-refractivity contribution in [1.29, 1.82) is 0 Å². The molecule has 39 heavy (non-hydrogen) atoms. The maximum absolute atomic E-state index is 13.9. The van der Waals surface area contributed by atoms with Crippen molar-refractivity contribution in [1.82, 2.24) is 4.57 Å². The van der Waals surface area contributed by atoms with Crippen LogP contribution in [-0.4, -0.2) is 37.0 Å². The summed E-state index contributed by atoms with van der Waals surface area (Å²) in [5.41, 5.74) is 1.89. The fourth-order valence-corrected chi connectivity index (χ4v) is 5.78. The van der Waals surface area contributed by atoms with E-state index in [1.54, 1.807) is 47.1 Å². The average Bonchev–Trinajstić information content (AvgIpc) is 3.17. The molecule has 206 valence electrons. The molecule has 0 saturated heterocycles. The number of nitrogens with zero attached hydrogens (tertiary/aromatic N) is 2. The molecule has 0 N–H and O–H groups in total. The number of fused-ring (bicyclic) bond motifs is 1. The van der Waals surface area contributed by atoms with E-state index < -0.39 is 12.0 Å². The van der Waals surface area contributed by atoms with Gasteiger partial charge in [0, 0.05) is 10.0 Å². The standard InChI is InChI=1S/C29H31BrN2O6S/c1-15(2)37-22-10-8-18(12-23(22)36-7)13-24-27(33)32-26(20-14-19(30)9-11-21(20)35-6)25(28(34)38-16(3)4)17(5)31-29(32)39-24/h8-16,26H,1-7H3/b24-13-/t26-/m1/s1. The summed E-state index contributed by atoms with van der Waals surface area (Å²) in [6.07, 6.45) is 1.43. The SMILES string of the molecule is COc1cc(/C=c2\sc3n(c2=O)[C@H](c2cc(Br)ccc2OC)C(C(=O)OC(C)C)=C(C)N=3)ccc1OC(C)C. The van der Waals surface area contributed by atoms with Crippen molar-refractivity contribution in [3.05, 3.63) is 83.0 Å². The molecule has 1 atom stereocenters. The van der Waals surface area contributed by atoms with Gasteiger partial charge in [0.05, 0.1) is 42.2 Å². The third-order valence-corrected chi connectivity index (χ3v) is 7.39. The van der Waals surface area contributed by atoms with Gasteiger partial charge in [-0.1, -0.05) is 33.3 Å². The minimum atomic E-state index is -0.793. The smallest absolute Gasteiger partial charge is 0.338 e. The van der Waals surface area contributed by atoms with Gasteiger partial charge in [0.25, 0.3) is 5.56 Å². The Hall–Kier alpha value is -3.37. The number of hydrogen-bond donors (Lipinski definition) is 0. The summed E-state index contributed by atoms with van der Waals surface area (Å²) >= 11 is 4.77. The van der Waals surface area contributed by atoms with Crippen LogP contribution in [0.5, 0.6) is 17.2 Å². The van der Waals surface area contributed by atoms with Crippen LogP contribution < -0.4 is 29.1 Å². The minimum absolute atomic E-state index is 0.0109. The number of methoxy groups -OCH3 is 2. The van der Waals surface area contributed by atoms with E-state index in [9.17, 15) is 9.59 Å². The first-order chi connectivity index (χ1) is 18.5. The zero-order valence-electron chi connectivity index (χ0n) is 22.9. The summed E-state index contributed by atoms with van der Waals surface area (Å²) in [5, 5.41) is 0. The van der Waals surface area contributed by atoms with E-state index in [0.717, 1.165) is 10.0 Å². The van der Waals surface area contributed by atoms with Crippen LogP contribution in [0.15, 0.2) is 61.9 Å². The minimum Gasteiger partial charge on any atom is -0.496 e. The van der Waals surface area contributed by atoms with E-state index in [1.165, 1.54) is 15.9 Å². The Morgan fingerprint density at radius 2 is 1.72 bits per heavy atom. The Balaban J connectivity index is 1.94. The molecule has 0 saturated carbocycles. The molecule has 3 aromatic rings. The highest BCUT2D eigenvalue weighted by Gasteiger charge is 2.35. The van der Waals surface area contributed by atoms with Crippen molar-refractivity contribution in [3.63, 3.8) is 0 Å². The van der Waals surface area contributed by atoms with Crippen molar-refractivity contribution in [2.45, 2.75) is 52.9 Å². The van der Waals surface area contributed by atoms with E-state index in [-0.39, 0.29) is 23.3 Å². The quantitative estimate of drug-likeness (QED) is 0.340. The first-order valence-corrected chi connectivity index (χ1v) is 14.1. The third-order valence-electron chi connectivity index (χ3n) is 5.92. The lowest BCUT2D eigenvalue weighted by molar-refractivity contribution is -0.143. The molecule has 0 fully saturated rings. The number of benzene rings is 2. The molecule has 0 unspecified atom stereocenters. The molecule has 1 aliphatic rings. The normalized spacial score (nSPS) is 15.3. The fraction of sp³-hybridized carbons (Fsp3) is 0.345. The topological polar surface area (TPSA) is 88.4 Å². The highest BCUT2D eigenvalue weighted by molar-refractivity contribution is 9.10. The van der Waals surface area contributed by atoms with Crippen LogP contribution in [0.4, 0.5) is 0 Å². The molecule has 4 rings (SSSR count). The van der Waals surface area contributed by atoms with Gasteiger partial charge in [0.15, 0.2) is 16.3 Å². The molecule has 0 bridgehead atoms. The molecule has 0 radical (unpaired) electrons. The van der Waals surface area contributed by atoms with Gasteiger partial charge >= 0.3 is 5.97 Å². The zero-order valence-corrected chi connectivity index (χ0v) is 25.3. The lowest BCUT2D eigenvalue weighted by atomic mass is 9.95. The van der Waals surface area contributed by atoms with Crippen molar-refractivity contribution in [3.8, 4) is 17.2 Å². The molecule has 8 nitrogen and oxygen atoms in total. The van der Waals surface area contributed by atoms with Gasteiger partial charge in [-0.05, 0) is 76.6 Å². The Morgan fingerprint density at radius 1 is 1.03 bits per heavy atom. The maximum atomic E-state index is 13.9. The number of halogens is 1. The molecular weight excluding hydrogens is 584 g/mol. The van der Waals surface area contributed by atoms with Crippen molar-refractivity contribution >= 4 is 39.3 Å². The average molecular weight is 616 g/mol. The summed E-state index contributed by atoms with van der Waals surface area (Å²) in [6.45, 7) is 9.20. The van der Waals surface area contributed by atoms with Crippen LogP contribution in [0, 0.1) is 0 Å². The van der Waals surface area contributed by atoms with Crippen LogP contribution >= 0.6 is 27.3 Å². The molecule has 0 spiro atoms. The number of thiazole rings is 1. The van der Waals surface area contributed by atoms with Gasteiger partial charge < -0.3 is 18.9 Å². The third kappa shape index (κ3) is 5.96. The fourth-order valence-electron chi connectivity index (χ4n) is 4.35. The second-order valence-electron chi connectivity index (χ2n) is 9.50. The Bertz CT molecular complexity index is 1620. The van der Waals surface area contributed by atoms with Crippen molar-refractivity contribution in [2.24, 2.45) is 4.99 Å². The molecule has 2 heterocycles. The number of ether oxygens (including phenoxy) is 4. The summed E-state index contributed by atoms with van der Waals surface area (Å²) in [5.74, 6) is 1.19.